The summed E-state index contributed by atoms with van der Waals surface area (Å²) < 4.78 is 7.92. The highest BCUT2D eigenvalue weighted by Crippen LogP contribution is 2.24. The minimum Gasteiger partial charge on any atom is -0.378 e. The molecule has 0 saturated carbocycles. The number of nitrogens with zero attached hydrogens (tertiary/aromatic N) is 3. The third-order valence-electron chi connectivity index (χ3n) is 4.80. The predicted molar refractivity (Wildman–Crippen MR) is 119 cm³/mol. The van der Waals surface area contributed by atoms with E-state index >= 15 is 0 Å². The molecule has 4 rings (SSSR count). The standard InChI is InChI=1S/C21H22N4O2S2/c1-15-2-4-16(5-3-15)18-14-29-21(28)25(18)13-20(26)23-17-6-7-19(22-12-17)24-8-10-27-11-9-24/h2-7,12,14H,8-11,13H2,1H3,(H,23,26). The van der Waals surface area contributed by atoms with E-state index in [4.69, 9.17) is 17.0 Å². The van der Waals surface area contributed by atoms with Crippen molar-refractivity contribution in [2.75, 3.05) is 36.5 Å². The zero-order valence-corrected chi connectivity index (χ0v) is 17.8. The molecule has 3 heterocycles. The van der Waals surface area contributed by atoms with E-state index in [1.165, 1.54) is 16.9 Å². The van der Waals surface area contributed by atoms with E-state index in [-0.39, 0.29) is 12.5 Å². The van der Waals surface area contributed by atoms with Gasteiger partial charge in [-0.25, -0.2) is 4.98 Å². The molecular weight excluding hydrogens is 404 g/mol. The molecule has 1 saturated heterocycles. The van der Waals surface area contributed by atoms with E-state index in [1.54, 1.807) is 6.20 Å². The van der Waals surface area contributed by atoms with Gasteiger partial charge in [0, 0.05) is 18.5 Å². The van der Waals surface area contributed by atoms with Crippen molar-refractivity contribution >= 4 is 41.0 Å². The number of aryl methyl sites for hydroxylation is 1. The topological polar surface area (TPSA) is 59.4 Å². The molecule has 0 bridgehead atoms. The quantitative estimate of drug-likeness (QED) is 0.622. The number of benzene rings is 1. The molecule has 1 aliphatic rings. The van der Waals surface area contributed by atoms with Crippen molar-refractivity contribution in [3.63, 3.8) is 0 Å². The van der Waals surface area contributed by atoms with E-state index in [1.807, 2.05) is 22.1 Å². The molecule has 1 N–H and O–H groups in total. The lowest BCUT2D eigenvalue weighted by atomic mass is 10.1. The second-order valence-electron chi connectivity index (χ2n) is 6.89. The molecule has 0 spiro atoms. The van der Waals surface area contributed by atoms with Crippen LogP contribution in [0.2, 0.25) is 0 Å². The van der Waals surface area contributed by atoms with Crippen LogP contribution in [0.1, 0.15) is 5.56 Å². The Kier molecular flexibility index (Phi) is 6.03. The fraction of sp³-hybridized carbons (Fsp3) is 0.286. The number of nitrogens with one attached hydrogen (secondary N) is 1. The molecule has 0 atom stereocenters. The molecule has 1 amide bonds. The van der Waals surface area contributed by atoms with Crippen molar-refractivity contribution in [1.29, 1.82) is 0 Å². The Morgan fingerprint density at radius 2 is 1.97 bits per heavy atom. The Labute approximate surface area is 178 Å². The maximum absolute atomic E-state index is 12.6. The number of thiazole rings is 1. The molecule has 150 valence electrons. The largest absolute Gasteiger partial charge is 0.378 e. The summed E-state index contributed by atoms with van der Waals surface area (Å²) in [6, 6.07) is 12.0. The maximum Gasteiger partial charge on any atom is 0.244 e. The number of carbonyl (C=O) groups excluding carboxylic acids is 1. The van der Waals surface area contributed by atoms with Crippen LogP contribution in [0.25, 0.3) is 11.3 Å². The van der Waals surface area contributed by atoms with Crippen LogP contribution < -0.4 is 10.2 Å². The molecule has 1 aromatic carbocycles. The number of ether oxygens (including phenoxy) is 1. The number of morpholine rings is 1. The first kappa shape index (κ1) is 19.8. The fourth-order valence-electron chi connectivity index (χ4n) is 3.21. The van der Waals surface area contributed by atoms with E-state index in [2.05, 4.69) is 46.4 Å². The van der Waals surface area contributed by atoms with Crippen molar-refractivity contribution in [2.24, 2.45) is 0 Å². The zero-order valence-electron chi connectivity index (χ0n) is 16.1. The molecule has 29 heavy (non-hydrogen) atoms. The van der Waals surface area contributed by atoms with Gasteiger partial charge in [-0.3, -0.25) is 4.79 Å². The van der Waals surface area contributed by atoms with E-state index in [9.17, 15) is 4.79 Å². The Morgan fingerprint density at radius 1 is 1.21 bits per heavy atom. The van der Waals surface area contributed by atoms with Gasteiger partial charge in [-0.1, -0.05) is 29.8 Å². The van der Waals surface area contributed by atoms with Crippen LogP contribution in [0.4, 0.5) is 11.5 Å². The van der Waals surface area contributed by atoms with E-state index < -0.39 is 0 Å². The van der Waals surface area contributed by atoms with Crippen molar-refractivity contribution in [3.05, 3.63) is 57.5 Å². The minimum atomic E-state index is -0.131. The molecule has 0 radical (unpaired) electrons. The van der Waals surface area contributed by atoms with E-state index in [0.29, 0.717) is 22.9 Å². The summed E-state index contributed by atoms with van der Waals surface area (Å²) in [5, 5.41) is 4.92. The third-order valence-corrected chi connectivity index (χ3v) is 6.07. The minimum absolute atomic E-state index is 0.131. The van der Waals surface area contributed by atoms with Gasteiger partial charge < -0.3 is 19.5 Å². The van der Waals surface area contributed by atoms with Crippen LogP contribution in [-0.2, 0) is 16.1 Å². The van der Waals surface area contributed by atoms with E-state index in [0.717, 1.165) is 30.2 Å². The molecule has 0 unspecified atom stereocenters. The Bertz CT molecular complexity index is 1040. The molecule has 6 nitrogen and oxygen atoms in total. The lowest BCUT2D eigenvalue weighted by Crippen LogP contribution is -2.36. The smallest absolute Gasteiger partial charge is 0.244 e. The van der Waals surface area contributed by atoms with Gasteiger partial charge in [0.1, 0.15) is 12.4 Å². The SMILES string of the molecule is Cc1ccc(-c2csc(=S)n2CC(=O)Nc2ccc(N3CCOCC3)nc2)cc1. The number of anilines is 2. The number of hydrogen-bond acceptors (Lipinski definition) is 6. The summed E-state index contributed by atoms with van der Waals surface area (Å²) >= 11 is 6.91. The summed E-state index contributed by atoms with van der Waals surface area (Å²) in [5.74, 6) is 0.766. The van der Waals surface area contributed by atoms with Gasteiger partial charge in [0.25, 0.3) is 0 Å². The highest BCUT2D eigenvalue weighted by molar-refractivity contribution is 7.73. The monoisotopic (exact) mass is 426 g/mol. The van der Waals surface area contributed by atoms with Crippen LogP contribution >= 0.6 is 23.6 Å². The van der Waals surface area contributed by atoms with Crippen molar-refractivity contribution in [3.8, 4) is 11.3 Å². The average Bonchev–Trinajstić information content (AvgIpc) is 3.10. The number of hydrogen-bond donors (Lipinski definition) is 1. The van der Waals surface area contributed by atoms with Gasteiger partial charge >= 0.3 is 0 Å². The predicted octanol–water partition coefficient (Wildman–Crippen LogP) is 4.12. The Balaban J connectivity index is 1.44. The third kappa shape index (κ3) is 4.72. The summed E-state index contributed by atoms with van der Waals surface area (Å²) in [5.41, 5.74) is 3.87. The summed E-state index contributed by atoms with van der Waals surface area (Å²) in [6.07, 6.45) is 1.69. The first-order valence-electron chi connectivity index (χ1n) is 9.44. The molecule has 0 aliphatic carbocycles. The number of amides is 1. The first-order valence-corrected chi connectivity index (χ1v) is 10.7. The molecular formula is C21H22N4O2S2. The van der Waals surface area contributed by atoms with Crippen molar-refractivity contribution < 1.29 is 9.53 Å². The van der Waals surface area contributed by atoms with Crippen molar-refractivity contribution in [2.45, 2.75) is 13.5 Å². The summed E-state index contributed by atoms with van der Waals surface area (Å²) in [6.45, 7) is 5.30. The summed E-state index contributed by atoms with van der Waals surface area (Å²) in [4.78, 5) is 19.3. The van der Waals surface area contributed by atoms with Crippen LogP contribution in [0.15, 0.2) is 48.0 Å². The van der Waals surface area contributed by atoms with Gasteiger partial charge in [0.05, 0.1) is 30.8 Å². The fourth-order valence-corrected chi connectivity index (χ4v) is 4.29. The Morgan fingerprint density at radius 3 is 2.66 bits per heavy atom. The average molecular weight is 427 g/mol. The highest BCUT2D eigenvalue weighted by Gasteiger charge is 2.14. The second kappa shape index (κ2) is 8.86. The molecule has 3 aromatic rings. The first-order chi connectivity index (χ1) is 14.1. The maximum atomic E-state index is 12.6. The van der Waals surface area contributed by atoms with Gasteiger partial charge in [0.15, 0.2) is 3.95 Å². The van der Waals surface area contributed by atoms with Crippen LogP contribution in [0, 0.1) is 10.9 Å². The number of pyridine rings is 1. The highest BCUT2D eigenvalue weighted by atomic mass is 32.1. The van der Waals surface area contributed by atoms with Crippen LogP contribution in [0.5, 0.6) is 0 Å². The lowest BCUT2D eigenvalue weighted by Gasteiger charge is -2.27. The van der Waals surface area contributed by atoms with Gasteiger partial charge in [-0.2, -0.15) is 0 Å². The molecule has 1 aliphatic heterocycles. The number of aromatic nitrogens is 2. The van der Waals surface area contributed by atoms with Gasteiger partial charge in [0.2, 0.25) is 5.91 Å². The normalized spacial score (nSPS) is 14.0. The zero-order chi connectivity index (χ0) is 20.2. The summed E-state index contributed by atoms with van der Waals surface area (Å²) in [7, 11) is 0. The van der Waals surface area contributed by atoms with Crippen LogP contribution in [-0.4, -0.2) is 41.8 Å². The van der Waals surface area contributed by atoms with Gasteiger partial charge in [-0.05, 0) is 36.8 Å². The number of carbonyl (C=O) groups is 1. The number of rotatable bonds is 5. The Hall–Kier alpha value is -2.55. The molecule has 8 heteroatoms. The molecule has 1 fully saturated rings. The molecule has 2 aromatic heterocycles. The van der Waals surface area contributed by atoms with Crippen molar-refractivity contribution in [1.82, 2.24) is 9.55 Å². The van der Waals surface area contributed by atoms with Gasteiger partial charge in [-0.15, -0.1) is 11.3 Å². The lowest BCUT2D eigenvalue weighted by molar-refractivity contribution is -0.116. The van der Waals surface area contributed by atoms with Crippen LogP contribution in [0.3, 0.4) is 0 Å². The second-order valence-corrected chi connectivity index (χ2v) is 8.39.